The van der Waals surface area contributed by atoms with Gasteiger partial charge in [-0.2, -0.15) is 0 Å². The summed E-state index contributed by atoms with van der Waals surface area (Å²) in [6, 6.07) is 50.1. The lowest BCUT2D eigenvalue weighted by atomic mass is 9.85. The molecule has 0 fully saturated rings. The fraction of sp³-hybridized carbons (Fsp3) is 0. The fourth-order valence-electron chi connectivity index (χ4n) is 5.60. The van der Waals surface area contributed by atoms with Crippen molar-refractivity contribution in [2.24, 2.45) is 0 Å². The van der Waals surface area contributed by atoms with Crippen LogP contribution in [0.25, 0.3) is 66.1 Å². The average molecular weight is 484 g/mol. The highest BCUT2D eigenvalue weighted by Gasteiger charge is 2.16. The monoisotopic (exact) mass is 483 g/mol. The van der Waals surface area contributed by atoms with Crippen molar-refractivity contribution in [3.8, 4) is 44.5 Å². The summed E-state index contributed by atoms with van der Waals surface area (Å²) in [7, 11) is 0. The fourth-order valence-corrected chi connectivity index (χ4v) is 5.60. The van der Waals surface area contributed by atoms with E-state index in [1.54, 1.807) is 0 Å². The van der Waals surface area contributed by atoms with E-state index >= 15 is 0 Å². The van der Waals surface area contributed by atoms with Gasteiger partial charge in [0.25, 0.3) is 0 Å². The zero-order valence-corrected chi connectivity index (χ0v) is 20.9. The first-order valence-corrected chi connectivity index (χ1v) is 13.0. The van der Waals surface area contributed by atoms with E-state index in [0.29, 0.717) is 0 Å². The molecule has 6 aromatic carbocycles. The summed E-state index contributed by atoms with van der Waals surface area (Å²) in [5.41, 5.74) is 9.75. The number of rotatable bonds is 4. The van der Waals surface area contributed by atoms with Crippen molar-refractivity contribution in [1.82, 2.24) is 4.98 Å². The Morgan fingerprint density at radius 2 is 0.789 bits per heavy atom. The molecule has 7 rings (SSSR count). The largest absolute Gasteiger partial charge is 0.264 e. The quantitative estimate of drug-likeness (QED) is 0.227. The van der Waals surface area contributed by atoms with Crippen LogP contribution in [0.3, 0.4) is 0 Å². The van der Waals surface area contributed by atoms with Gasteiger partial charge in [-0.25, -0.2) is 0 Å². The van der Waals surface area contributed by atoms with Crippen molar-refractivity contribution >= 4 is 21.5 Å². The molecular formula is C37H25N. The third-order valence-corrected chi connectivity index (χ3v) is 7.36. The van der Waals surface area contributed by atoms with Gasteiger partial charge in [-0.05, 0) is 72.6 Å². The van der Waals surface area contributed by atoms with Crippen LogP contribution in [0, 0.1) is 0 Å². The van der Waals surface area contributed by atoms with Crippen molar-refractivity contribution in [2.75, 3.05) is 0 Å². The second-order valence-electron chi connectivity index (χ2n) is 9.61. The van der Waals surface area contributed by atoms with Gasteiger partial charge >= 0.3 is 0 Å². The zero-order valence-electron chi connectivity index (χ0n) is 20.9. The Morgan fingerprint density at radius 3 is 1.39 bits per heavy atom. The van der Waals surface area contributed by atoms with Crippen LogP contribution in [0.4, 0.5) is 0 Å². The van der Waals surface area contributed by atoms with Crippen LogP contribution in [0.15, 0.2) is 152 Å². The van der Waals surface area contributed by atoms with Crippen molar-refractivity contribution in [3.05, 3.63) is 152 Å². The lowest BCUT2D eigenvalue weighted by molar-refractivity contribution is 1.33. The van der Waals surface area contributed by atoms with Crippen molar-refractivity contribution in [2.45, 2.75) is 0 Å². The molecule has 1 nitrogen and oxygen atoms in total. The maximum atomic E-state index is 4.33. The molecule has 0 bridgehead atoms. The van der Waals surface area contributed by atoms with Crippen LogP contribution in [-0.2, 0) is 0 Å². The summed E-state index contributed by atoms with van der Waals surface area (Å²) in [5, 5.41) is 5.05. The third kappa shape index (κ3) is 3.86. The molecule has 0 N–H and O–H groups in total. The van der Waals surface area contributed by atoms with Gasteiger partial charge < -0.3 is 0 Å². The topological polar surface area (TPSA) is 12.9 Å². The maximum absolute atomic E-state index is 4.33. The van der Waals surface area contributed by atoms with Crippen molar-refractivity contribution in [1.29, 1.82) is 0 Å². The Kier molecular flexibility index (Phi) is 5.53. The Morgan fingerprint density at radius 1 is 0.316 bits per heavy atom. The average Bonchev–Trinajstić information content (AvgIpc) is 3.01. The van der Waals surface area contributed by atoms with E-state index in [1.165, 1.54) is 60.5 Å². The van der Waals surface area contributed by atoms with Gasteiger partial charge in [0.2, 0.25) is 0 Å². The lowest BCUT2D eigenvalue weighted by Gasteiger charge is -2.18. The zero-order chi connectivity index (χ0) is 25.3. The molecule has 0 unspecified atom stereocenters. The standard InChI is InChI=1S/C37H25N/c1-2-10-26(11-3-1)27-19-21-28(22-20-27)36-32-15-4-6-17-34(32)37(35-18-7-5-16-33(35)36)30-13-8-12-29(24-30)31-14-9-23-38-25-31/h1-25H. The molecule has 1 heteroatoms. The normalized spacial score (nSPS) is 11.2. The SMILES string of the molecule is c1ccc(-c2ccc(-c3c4ccccc4c(-c4cccc(-c5cccnc5)c4)c4ccccc34)cc2)cc1. The molecule has 0 saturated carbocycles. The van der Waals surface area contributed by atoms with Crippen LogP contribution in [0.2, 0.25) is 0 Å². The molecule has 178 valence electrons. The highest BCUT2D eigenvalue weighted by molar-refractivity contribution is 6.21. The molecule has 7 aromatic rings. The maximum Gasteiger partial charge on any atom is 0.0346 e. The summed E-state index contributed by atoms with van der Waals surface area (Å²) in [6.45, 7) is 0. The molecule has 0 saturated heterocycles. The number of benzene rings is 6. The number of aromatic nitrogens is 1. The molecule has 1 heterocycles. The van der Waals surface area contributed by atoms with Crippen LogP contribution < -0.4 is 0 Å². The first kappa shape index (κ1) is 22.2. The summed E-state index contributed by atoms with van der Waals surface area (Å²) in [4.78, 5) is 4.33. The predicted octanol–water partition coefficient (Wildman–Crippen LogP) is 10.1. The molecule has 0 radical (unpaired) electrons. The minimum atomic E-state index is 1.12. The van der Waals surface area contributed by atoms with Crippen LogP contribution >= 0.6 is 0 Å². The van der Waals surface area contributed by atoms with E-state index in [9.17, 15) is 0 Å². The van der Waals surface area contributed by atoms with Crippen molar-refractivity contribution in [3.63, 3.8) is 0 Å². The Bertz CT molecular complexity index is 1830. The van der Waals surface area contributed by atoms with Crippen LogP contribution in [0.1, 0.15) is 0 Å². The van der Waals surface area contributed by atoms with Gasteiger partial charge in [0, 0.05) is 18.0 Å². The van der Waals surface area contributed by atoms with E-state index in [-0.39, 0.29) is 0 Å². The second kappa shape index (κ2) is 9.46. The molecule has 0 aliphatic heterocycles. The van der Waals surface area contributed by atoms with Crippen LogP contribution in [0.5, 0.6) is 0 Å². The molecule has 1 aromatic heterocycles. The number of pyridine rings is 1. The molecule has 0 spiro atoms. The Balaban J connectivity index is 1.47. The lowest BCUT2D eigenvalue weighted by Crippen LogP contribution is -1.91. The van der Waals surface area contributed by atoms with E-state index in [2.05, 4.69) is 138 Å². The first-order chi connectivity index (χ1) is 18.9. The molecule has 38 heavy (non-hydrogen) atoms. The summed E-state index contributed by atoms with van der Waals surface area (Å²) in [5.74, 6) is 0. The van der Waals surface area contributed by atoms with Gasteiger partial charge in [0.05, 0.1) is 0 Å². The molecular weight excluding hydrogens is 458 g/mol. The minimum absolute atomic E-state index is 1.12. The number of hydrogen-bond donors (Lipinski definition) is 0. The van der Waals surface area contributed by atoms with Gasteiger partial charge in [0.1, 0.15) is 0 Å². The summed E-state index contributed by atoms with van der Waals surface area (Å²) in [6.07, 6.45) is 3.75. The minimum Gasteiger partial charge on any atom is -0.264 e. The summed E-state index contributed by atoms with van der Waals surface area (Å²) >= 11 is 0. The van der Waals surface area contributed by atoms with E-state index < -0.39 is 0 Å². The first-order valence-electron chi connectivity index (χ1n) is 13.0. The smallest absolute Gasteiger partial charge is 0.0346 e. The van der Waals surface area contributed by atoms with Gasteiger partial charge in [-0.1, -0.05) is 127 Å². The van der Waals surface area contributed by atoms with E-state index in [0.717, 1.165) is 5.56 Å². The van der Waals surface area contributed by atoms with Gasteiger partial charge in [-0.3, -0.25) is 4.98 Å². The van der Waals surface area contributed by atoms with E-state index in [1.807, 2.05) is 18.5 Å². The highest BCUT2D eigenvalue weighted by atomic mass is 14.6. The molecule has 0 atom stereocenters. The van der Waals surface area contributed by atoms with E-state index in [4.69, 9.17) is 0 Å². The Labute approximate surface area is 222 Å². The number of fused-ring (bicyclic) bond motifs is 2. The summed E-state index contributed by atoms with van der Waals surface area (Å²) < 4.78 is 0. The van der Waals surface area contributed by atoms with Gasteiger partial charge in [-0.15, -0.1) is 0 Å². The number of nitrogens with zero attached hydrogens (tertiary/aromatic N) is 1. The van der Waals surface area contributed by atoms with Gasteiger partial charge in [0.15, 0.2) is 0 Å². The molecule has 0 aliphatic rings. The molecule has 0 aliphatic carbocycles. The van der Waals surface area contributed by atoms with Crippen molar-refractivity contribution < 1.29 is 0 Å². The van der Waals surface area contributed by atoms with Crippen LogP contribution in [-0.4, -0.2) is 4.98 Å². The predicted molar refractivity (Wildman–Crippen MR) is 161 cm³/mol. The Hall–Kier alpha value is -5.01. The number of hydrogen-bond acceptors (Lipinski definition) is 1. The highest BCUT2D eigenvalue weighted by Crippen LogP contribution is 2.44. The molecule has 0 amide bonds. The third-order valence-electron chi connectivity index (χ3n) is 7.36. The second-order valence-corrected chi connectivity index (χ2v) is 9.61.